The van der Waals surface area contributed by atoms with Gasteiger partial charge in [-0.3, -0.25) is 9.59 Å². The Bertz CT molecular complexity index is 997. The first kappa shape index (κ1) is 22.3. The molecule has 170 valence electrons. The number of hydrogen-bond acceptors (Lipinski definition) is 4. The zero-order valence-electron chi connectivity index (χ0n) is 19.1. The van der Waals surface area contributed by atoms with E-state index in [1.165, 1.54) is 0 Å². The number of benzene rings is 2. The van der Waals surface area contributed by atoms with Crippen molar-refractivity contribution in [2.75, 3.05) is 32.7 Å². The van der Waals surface area contributed by atoms with E-state index in [4.69, 9.17) is 9.47 Å². The van der Waals surface area contributed by atoms with Gasteiger partial charge < -0.3 is 19.7 Å². The maximum atomic E-state index is 14.0. The molecule has 1 aliphatic heterocycles. The molecule has 2 amide bonds. The van der Waals surface area contributed by atoms with Gasteiger partial charge >= 0.3 is 0 Å². The highest BCUT2D eigenvalue weighted by Gasteiger charge is 2.54. The van der Waals surface area contributed by atoms with Gasteiger partial charge in [-0.1, -0.05) is 43.5 Å². The van der Waals surface area contributed by atoms with Gasteiger partial charge in [-0.15, -0.1) is 0 Å². The van der Waals surface area contributed by atoms with Gasteiger partial charge in [0.05, 0.1) is 30.9 Å². The second-order valence-electron chi connectivity index (χ2n) is 8.83. The van der Waals surface area contributed by atoms with E-state index < -0.39 is 11.5 Å². The second-order valence-corrected chi connectivity index (χ2v) is 8.83. The number of nitrogens with one attached hydrogen (secondary N) is 1. The summed E-state index contributed by atoms with van der Waals surface area (Å²) in [5, 5.41) is 3.14. The van der Waals surface area contributed by atoms with Crippen LogP contribution in [0.2, 0.25) is 0 Å². The van der Waals surface area contributed by atoms with Crippen LogP contribution in [0.25, 0.3) is 0 Å². The van der Waals surface area contributed by atoms with Crippen LogP contribution in [-0.4, -0.2) is 49.6 Å². The molecule has 32 heavy (non-hydrogen) atoms. The van der Waals surface area contributed by atoms with Crippen molar-refractivity contribution < 1.29 is 19.1 Å². The Morgan fingerprint density at radius 2 is 1.88 bits per heavy atom. The molecule has 0 unspecified atom stereocenters. The van der Waals surface area contributed by atoms with E-state index in [0.717, 1.165) is 43.2 Å². The topological polar surface area (TPSA) is 67.9 Å². The van der Waals surface area contributed by atoms with E-state index >= 15 is 0 Å². The van der Waals surface area contributed by atoms with Crippen LogP contribution in [0, 0.1) is 6.92 Å². The summed E-state index contributed by atoms with van der Waals surface area (Å²) < 4.78 is 10.8. The van der Waals surface area contributed by atoms with Crippen molar-refractivity contribution in [2.45, 2.75) is 50.5 Å². The SMILES string of the molecule is COCCN1C(=O)c2ccccc2[C@H](C(=O)Nc2cc(C)ccc2OC)C12CCCCC2. The molecular weight excluding hydrogens is 404 g/mol. The lowest BCUT2D eigenvalue weighted by Crippen LogP contribution is -2.62. The van der Waals surface area contributed by atoms with Crippen LogP contribution in [0.4, 0.5) is 5.69 Å². The Hall–Kier alpha value is -2.86. The Kier molecular flexibility index (Phi) is 6.51. The molecule has 1 saturated carbocycles. The molecule has 2 aromatic carbocycles. The summed E-state index contributed by atoms with van der Waals surface area (Å²) in [7, 11) is 3.24. The van der Waals surface area contributed by atoms with E-state index in [2.05, 4.69) is 5.32 Å². The number of rotatable bonds is 6. The molecule has 1 atom stereocenters. The molecule has 0 aromatic heterocycles. The molecule has 2 aromatic rings. The van der Waals surface area contributed by atoms with Crippen LogP contribution < -0.4 is 10.1 Å². The lowest BCUT2D eigenvalue weighted by atomic mass is 9.65. The molecule has 6 nitrogen and oxygen atoms in total. The van der Waals surface area contributed by atoms with Crippen LogP contribution in [0.5, 0.6) is 5.75 Å². The number of hydrogen-bond donors (Lipinski definition) is 1. The third-order valence-electron chi connectivity index (χ3n) is 6.94. The molecular formula is C26H32N2O4. The van der Waals surface area contributed by atoms with Crippen LogP contribution in [0.3, 0.4) is 0 Å². The molecule has 0 bridgehead atoms. The van der Waals surface area contributed by atoms with Gasteiger partial charge in [-0.25, -0.2) is 0 Å². The van der Waals surface area contributed by atoms with Gasteiger partial charge in [0.1, 0.15) is 5.75 Å². The Labute approximate surface area is 189 Å². The molecule has 1 heterocycles. The largest absolute Gasteiger partial charge is 0.495 e. The van der Waals surface area contributed by atoms with E-state index in [1.54, 1.807) is 14.2 Å². The number of ether oxygens (including phenoxy) is 2. The maximum Gasteiger partial charge on any atom is 0.254 e. The van der Waals surface area contributed by atoms with E-state index in [-0.39, 0.29) is 11.8 Å². The Morgan fingerprint density at radius 1 is 1.12 bits per heavy atom. The summed E-state index contributed by atoms with van der Waals surface area (Å²) in [5.41, 5.74) is 2.56. The molecule has 6 heteroatoms. The van der Waals surface area contributed by atoms with Crippen LogP contribution >= 0.6 is 0 Å². The van der Waals surface area contributed by atoms with Crippen molar-refractivity contribution in [1.29, 1.82) is 0 Å². The third-order valence-corrected chi connectivity index (χ3v) is 6.94. The number of aryl methyl sites for hydroxylation is 1. The maximum absolute atomic E-state index is 14.0. The van der Waals surface area contributed by atoms with Crippen LogP contribution in [0.1, 0.15) is 59.5 Å². The van der Waals surface area contributed by atoms with Crippen molar-refractivity contribution in [3.05, 3.63) is 59.2 Å². The lowest BCUT2D eigenvalue weighted by molar-refractivity contribution is -0.122. The minimum atomic E-state index is -0.552. The van der Waals surface area contributed by atoms with Crippen LogP contribution in [-0.2, 0) is 9.53 Å². The summed E-state index contributed by atoms with van der Waals surface area (Å²) in [6, 6.07) is 13.3. The van der Waals surface area contributed by atoms with Crippen molar-refractivity contribution in [1.82, 2.24) is 4.90 Å². The van der Waals surface area contributed by atoms with Gasteiger partial charge in [-0.05, 0) is 49.1 Å². The summed E-state index contributed by atoms with van der Waals surface area (Å²) in [6.07, 6.45) is 4.72. The number of carbonyl (C=O) groups is 2. The first-order valence-electron chi connectivity index (χ1n) is 11.4. The van der Waals surface area contributed by atoms with Gasteiger partial charge in [-0.2, -0.15) is 0 Å². The monoisotopic (exact) mass is 436 g/mol. The molecule has 0 radical (unpaired) electrons. The summed E-state index contributed by atoms with van der Waals surface area (Å²) in [6.45, 7) is 2.90. The predicted octanol–water partition coefficient (Wildman–Crippen LogP) is 4.53. The second kappa shape index (κ2) is 9.33. The lowest BCUT2D eigenvalue weighted by Gasteiger charge is -2.53. The molecule has 1 N–H and O–H groups in total. The minimum absolute atomic E-state index is 0.00302. The molecule has 1 aliphatic carbocycles. The molecule has 2 aliphatic rings. The summed E-state index contributed by atoms with van der Waals surface area (Å²) in [5.74, 6) is 0.0618. The fourth-order valence-corrected chi connectivity index (χ4v) is 5.48. The highest BCUT2D eigenvalue weighted by molar-refractivity contribution is 6.05. The first-order valence-corrected chi connectivity index (χ1v) is 11.4. The van der Waals surface area contributed by atoms with Gasteiger partial charge in [0, 0.05) is 19.2 Å². The fraction of sp³-hybridized carbons (Fsp3) is 0.462. The smallest absolute Gasteiger partial charge is 0.254 e. The average molecular weight is 437 g/mol. The molecule has 0 saturated heterocycles. The van der Waals surface area contributed by atoms with Gasteiger partial charge in [0.15, 0.2) is 0 Å². The van der Waals surface area contributed by atoms with E-state index in [1.807, 2.05) is 54.3 Å². The number of nitrogens with zero attached hydrogens (tertiary/aromatic N) is 1. The minimum Gasteiger partial charge on any atom is -0.495 e. The molecule has 1 spiro atoms. The number of methoxy groups -OCH3 is 2. The van der Waals surface area contributed by atoms with Crippen LogP contribution in [0.15, 0.2) is 42.5 Å². The van der Waals surface area contributed by atoms with Crippen molar-refractivity contribution >= 4 is 17.5 Å². The number of amides is 2. The van der Waals surface area contributed by atoms with Crippen molar-refractivity contribution in [3.8, 4) is 5.75 Å². The Balaban J connectivity index is 1.81. The molecule has 1 fully saturated rings. The van der Waals surface area contributed by atoms with Gasteiger partial charge in [0.25, 0.3) is 5.91 Å². The average Bonchev–Trinajstić information content (AvgIpc) is 2.80. The molecule has 4 rings (SSSR count). The van der Waals surface area contributed by atoms with Crippen molar-refractivity contribution in [3.63, 3.8) is 0 Å². The third kappa shape index (κ3) is 3.88. The predicted molar refractivity (Wildman–Crippen MR) is 124 cm³/mol. The first-order chi connectivity index (χ1) is 15.5. The fourth-order valence-electron chi connectivity index (χ4n) is 5.48. The number of fused-ring (bicyclic) bond motifs is 1. The number of carbonyl (C=O) groups excluding carboxylic acids is 2. The zero-order chi connectivity index (χ0) is 22.7. The Morgan fingerprint density at radius 3 is 2.59 bits per heavy atom. The standard InChI is InChI=1S/C26H32N2O4/c1-18-11-12-22(32-3)21(17-18)27-24(29)23-19-9-5-6-10-20(19)25(30)28(15-16-31-2)26(23)13-7-4-8-14-26/h5-6,9-12,17,23H,4,7-8,13-16H2,1-3H3,(H,27,29)/t23-/m1/s1. The normalized spacial score (nSPS) is 19.5. The zero-order valence-corrected chi connectivity index (χ0v) is 19.1. The summed E-state index contributed by atoms with van der Waals surface area (Å²) in [4.78, 5) is 29.5. The van der Waals surface area contributed by atoms with E-state index in [0.29, 0.717) is 30.2 Å². The van der Waals surface area contributed by atoms with Gasteiger partial charge in [0.2, 0.25) is 5.91 Å². The summed E-state index contributed by atoms with van der Waals surface area (Å²) >= 11 is 0. The highest BCUT2D eigenvalue weighted by atomic mass is 16.5. The van der Waals surface area contributed by atoms with E-state index in [9.17, 15) is 9.59 Å². The van der Waals surface area contributed by atoms with Crippen molar-refractivity contribution in [2.24, 2.45) is 0 Å². The number of anilines is 1. The highest BCUT2D eigenvalue weighted by Crippen LogP contribution is 2.49. The quantitative estimate of drug-likeness (QED) is 0.722.